The predicted octanol–water partition coefficient (Wildman–Crippen LogP) is 3.50. The molecule has 150 valence electrons. The first-order chi connectivity index (χ1) is 14.7. The van der Waals surface area contributed by atoms with E-state index < -0.39 is 0 Å². The number of aliphatic imine (C=N–C) groups is 1. The molecule has 0 atom stereocenters. The summed E-state index contributed by atoms with van der Waals surface area (Å²) < 4.78 is 2.02. The van der Waals surface area contributed by atoms with Gasteiger partial charge in [-0.05, 0) is 41.0 Å². The number of imidazole rings is 1. The number of aromatic nitrogens is 3. The zero-order valence-electron chi connectivity index (χ0n) is 16.7. The molecule has 7 heteroatoms. The summed E-state index contributed by atoms with van der Waals surface area (Å²) >= 11 is 0. The molecule has 30 heavy (non-hydrogen) atoms. The van der Waals surface area contributed by atoms with Crippen molar-refractivity contribution in [3.63, 3.8) is 0 Å². The zero-order chi connectivity index (χ0) is 20.5. The summed E-state index contributed by atoms with van der Waals surface area (Å²) in [5, 5.41) is 12.5. The molecule has 2 N–H and O–H groups in total. The second-order valence-corrected chi connectivity index (χ2v) is 7.36. The van der Waals surface area contributed by atoms with E-state index in [2.05, 4.69) is 50.7 Å². The SMILES string of the molecule is CN(CCO)c1ccc(Nc2cc(-c3ccc4c(c3)CN=C4)cn3ccnc23)nc1. The molecule has 0 radical (unpaired) electrons. The van der Waals surface area contributed by atoms with Gasteiger partial charge in [0.2, 0.25) is 0 Å². The number of benzene rings is 1. The molecule has 1 aliphatic rings. The van der Waals surface area contributed by atoms with Crippen molar-refractivity contribution in [2.24, 2.45) is 4.99 Å². The van der Waals surface area contributed by atoms with Crippen molar-refractivity contribution >= 4 is 29.1 Å². The van der Waals surface area contributed by atoms with Crippen LogP contribution in [-0.2, 0) is 6.54 Å². The molecule has 4 aromatic rings. The van der Waals surface area contributed by atoms with E-state index in [-0.39, 0.29) is 6.61 Å². The number of likely N-dealkylation sites (N-methyl/N-ethyl adjacent to an activating group) is 1. The molecule has 0 unspecified atom stereocenters. The van der Waals surface area contributed by atoms with Crippen molar-refractivity contribution in [1.82, 2.24) is 14.4 Å². The second-order valence-electron chi connectivity index (χ2n) is 7.36. The summed E-state index contributed by atoms with van der Waals surface area (Å²) in [6.07, 6.45) is 9.55. The van der Waals surface area contributed by atoms with Crippen LogP contribution in [0.1, 0.15) is 11.1 Å². The first-order valence-corrected chi connectivity index (χ1v) is 9.86. The number of aliphatic hydroxyl groups is 1. The largest absolute Gasteiger partial charge is 0.395 e. The Morgan fingerprint density at radius 1 is 1.13 bits per heavy atom. The van der Waals surface area contributed by atoms with Crippen molar-refractivity contribution in [2.45, 2.75) is 6.54 Å². The molecule has 1 aromatic carbocycles. The van der Waals surface area contributed by atoms with Gasteiger partial charge in [0.1, 0.15) is 5.82 Å². The van der Waals surface area contributed by atoms with Crippen LogP contribution in [0.3, 0.4) is 0 Å². The number of rotatable bonds is 6. The zero-order valence-corrected chi connectivity index (χ0v) is 16.7. The van der Waals surface area contributed by atoms with E-state index in [0.29, 0.717) is 6.54 Å². The van der Waals surface area contributed by atoms with Gasteiger partial charge in [-0.1, -0.05) is 12.1 Å². The molecule has 0 bridgehead atoms. The average Bonchev–Trinajstić information content (AvgIpc) is 3.43. The van der Waals surface area contributed by atoms with E-state index >= 15 is 0 Å². The van der Waals surface area contributed by atoms with Crippen LogP contribution in [-0.4, -0.2) is 45.9 Å². The van der Waals surface area contributed by atoms with Crippen molar-refractivity contribution in [3.8, 4) is 11.1 Å². The number of nitrogens with one attached hydrogen (secondary N) is 1. The van der Waals surface area contributed by atoms with Crippen molar-refractivity contribution in [1.29, 1.82) is 0 Å². The molecule has 7 nitrogen and oxygen atoms in total. The molecule has 3 aromatic heterocycles. The van der Waals surface area contributed by atoms with Crippen LogP contribution in [0, 0.1) is 0 Å². The second kappa shape index (κ2) is 7.61. The van der Waals surface area contributed by atoms with Crippen molar-refractivity contribution in [3.05, 3.63) is 72.3 Å². The van der Waals surface area contributed by atoms with Gasteiger partial charge in [0, 0.05) is 44.0 Å². The van der Waals surface area contributed by atoms with Gasteiger partial charge >= 0.3 is 0 Å². The number of nitrogens with zero attached hydrogens (tertiary/aromatic N) is 5. The van der Waals surface area contributed by atoms with Crippen LogP contribution in [0.2, 0.25) is 0 Å². The number of aliphatic hydroxyl groups excluding tert-OH is 1. The highest BCUT2D eigenvalue weighted by Gasteiger charge is 2.12. The molecule has 0 amide bonds. The smallest absolute Gasteiger partial charge is 0.160 e. The fraction of sp³-hybridized carbons (Fsp3) is 0.174. The van der Waals surface area contributed by atoms with Crippen molar-refractivity contribution in [2.75, 3.05) is 30.4 Å². The van der Waals surface area contributed by atoms with Crippen LogP contribution < -0.4 is 10.2 Å². The van der Waals surface area contributed by atoms with Gasteiger partial charge in [-0.25, -0.2) is 9.97 Å². The lowest BCUT2D eigenvalue weighted by atomic mass is 10.0. The normalized spacial score (nSPS) is 12.3. The molecule has 0 fully saturated rings. The van der Waals surface area contributed by atoms with Crippen LogP contribution in [0.25, 0.3) is 16.8 Å². The fourth-order valence-electron chi connectivity index (χ4n) is 3.68. The van der Waals surface area contributed by atoms with E-state index in [1.165, 1.54) is 11.1 Å². The molecular weight excluding hydrogens is 376 g/mol. The Hall–Kier alpha value is -3.71. The molecule has 4 heterocycles. The number of hydrogen-bond donors (Lipinski definition) is 2. The summed E-state index contributed by atoms with van der Waals surface area (Å²) in [5.74, 6) is 0.737. The third kappa shape index (κ3) is 3.40. The highest BCUT2D eigenvalue weighted by atomic mass is 16.3. The molecule has 5 rings (SSSR count). The Morgan fingerprint density at radius 3 is 2.90 bits per heavy atom. The predicted molar refractivity (Wildman–Crippen MR) is 120 cm³/mol. The highest BCUT2D eigenvalue weighted by Crippen LogP contribution is 2.30. The first kappa shape index (κ1) is 18.3. The lowest BCUT2D eigenvalue weighted by Crippen LogP contribution is -2.21. The van der Waals surface area contributed by atoms with E-state index in [1.807, 2.05) is 40.9 Å². The third-order valence-electron chi connectivity index (χ3n) is 5.34. The van der Waals surface area contributed by atoms with Crippen LogP contribution in [0.5, 0.6) is 0 Å². The summed E-state index contributed by atoms with van der Waals surface area (Å²) in [6, 6.07) is 12.5. The molecule has 0 saturated carbocycles. The summed E-state index contributed by atoms with van der Waals surface area (Å²) in [6.45, 7) is 1.41. The van der Waals surface area contributed by atoms with Crippen LogP contribution in [0.4, 0.5) is 17.2 Å². The third-order valence-corrected chi connectivity index (χ3v) is 5.34. The Morgan fingerprint density at radius 2 is 2.07 bits per heavy atom. The standard InChI is InChI=1S/C23H22N6O/c1-28(8-9-30)20-4-5-22(26-14-20)27-21-11-19(15-29-7-6-25-23(21)29)16-2-3-17-12-24-13-18(17)10-16/h2-7,10-12,14-15,30H,8-9,13H2,1H3,(H,26,27). The number of pyridine rings is 2. The average molecular weight is 398 g/mol. The van der Waals surface area contributed by atoms with Gasteiger partial charge in [0.05, 0.1) is 30.7 Å². The Kier molecular flexibility index (Phi) is 4.65. The van der Waals surface area contributed by atoms with E-state index in [0.717, 1.165) is 40.5 Å². The molecule has 0 saturated heterocycles. The minimum Gasteiger partial charge on any atom is -0.395 e. The Bertz CT molecular complexity index is 1230. The van der Waals surface area contributed by atoms with E-state index in [4.69, 9.17) is 5.11 Å². The maximum absolute atomic E-state index is 9.11. The topological polar surface area (TPSA) is 78.0 Å². The molecule has 0 spiro atoms. The number of anilines is 3. The maximum atomic E-state index is 9.11. The van der Waals surface area contributed by atoms with Crippen LogP contribution >= 0.6 is 0 Å². The Labute approximate surface area is 174 Å². The van der Waals surface area contributed by atoms with Crippen molar-refractivity contribution < 1.29 is 5.11 Å². The quantitative estimate of drug-likeness (QED) is 0.520. The molecule has 0 aliphatic carbocycles. The Balaban J connectivity index is 1.48. The summed E-state index contributed by atoms with van der Waals surface area (Å²) in [4.78, 5) is 15.3. The van der Waals surface area contributed by atoms with Gasteiger partial charge in [-0.15, -0.1) is 0 Å². The lowest BCUT2D eigenvalue weighted by molar-refractivity contribution is 0.304. The highest BCUT2D eigenvalue weighted by molar-refractivity contribution is 5.86. The molecular formula is C23H22N6O. The minimum absolute atomic E-state index is 0.107. The monoisotopic (exact) mass is 398 g/mol. The minimum atomic E-state index is 0.107. The number of hydrogen-bond acceptors (Lipinski definition) is 6. The maximum Gasteiger partial charge on any atom is 0.160 e. The fourth-order valence-corrected chi connectivity index (χ4v) is 3.68. The van der Waals surface area contributed by atoms with E-state index in [1.54, 1.807) is 12.4 Å². The van der Waals surface area contributed by atoms with E-state index in [9.17, 15) is 0 Å². The lowest BCUT2D eigenvalue weighted by Gasteiger charge is -2.18. The van der Waals surface area contributed by atoms with Gasteiger partial charge in [-0.2, -0.15) is 0 Å². The molecule has 1 aliphatic heterocycles. The van der Waals surface area contributed by atoms with Gasteiger partial charge in [0.25, 0.3) is 0 Å². The van der Waals surface area contributed by atoms with Crippen LogP contribution in [0.15, 0.2) is 66.2 Å². The first-order valence-electron chi connectivity index (χ1n) is 9.86. The van der Waals surface area contributed by atoms with Gasteiger partial charge in [-0.3, -0.25) is 4.99 Å². The number of fused-ring (bicyclic) bond motifs is 2. The summed E-state index contributed by atoms with van der Waals surface area (Å²) in [5.41, 5.74) is 7.36. The van der Waals surface area contributed by atoms with Gasteiger partial charge < -0.3 is 19.7 Å². The summed E-state index contributed by atoms with van der Waals surface area (Å²) in [7, 11) is 1.93. The van der Waals surface area contributed by atoms with Gasteiger partial charge in [0.15, 0.2) is 5.65 Å².